The SMILES string of the molecule is O=C(O)C=CCl. The van der Waals surface area contributed by atoms with Gasteiger partial charge in [-0.05, 0) is 0 Å². The van der Waals surface area contributed by atoms with Gasteiger partial charge in [-0.25, -0.2) is 4.79 Å². The minimum Gasteiger partial charge on any atom is -0.478 e. The molecule has 0 aromatic heterocycles. The zero-order valence-corrected chi connectivity index (χ0v) is 3.64. The first-order valence-corrected chi connectivity index (χ1v) is 1.70. The standard InChI is InChI=1S/C3H3ClO2/c4-2-1-3(5)6/h1-2H,(H,5,6). The van der Waals surface area contributed by atoms with Gasteiger partial charge in [0.2, 0.25) is 0 Å². The maximum Gasteiger partial charge on any atom is 0.329 e. The Morgan fingerprint density at radius 1 is 1.83 bits per heavy atom. The molecule has 0 rings (SSSR count). The monoisotopic (exact) mass is 106 g/mol. The second-order valence-corrected chi connectivity index (χ2v) is 0.883. The molecule has 0 heterocycles. The third kappa shape index (κ3) is 3.50. The van der Waals surface area contributed by atoms with Gasteiger partial charge < -0.3 is 5.11 Å². The fraction of sp³-hybridized carbons (Fsp3) is 0. The first kappa shape index (κ1) is 5.50. The van der Waals surface area contributed by atoms with Crippen molar-refractivity contribution in [3.63, 3.8) is 0 Å². The first-order valence-electron chi connectivity index (χ1n) is 1.27. The molecule has 0 atom stereocenters. The summed E-state index contributed by atoms with van der Waals surface area (Å²) in [6.45, 7) is 0. The van der Waals surface area contributed by atoms with Gasteiger partial charge in [0.05, 0.1) is 0 Å². The summed E-state index contributed by atoms with van der Waals surface area (Å²) >= 11 is 4.84. The summed E-state index contributed by atoms with van der Waals surface area (Å²) in [5.41, 5.74) is 0.947. The van der Waals surface area contributed by atoms with E-state index in [1.54, 1.807) is 0 Å². The zero-order chi connectivity index (χ0) is 4.99. The van der Waals surface area contributed by atoms with Crippen molar-refractivity contribution in [2.45, 2.75) is 0 Å². The van der Waals surface area contributed by atoms with Crippen molar-refractivity contribution in [2.75, 3.05) is 0 Å². The van der Waals surface area contributed by atoms with Crippen molar-refractivity contribution in [1.82, 2.24) is 0 Å². The molecule has 6 heavy (non-hydrogen) atoms. The van der Waals surface area contributed by atoms with Crippen LogP contribution in [0.5, 0.6) is 0 Å². The molecular weight excluding hydrogens is 103 g/mol. The molecular formula is C3H3ClO2. The fourth-order valence-electron chi connectivity index (χ4n) is 0.0539. The Morgan fingerprint density at radius 3 is 2.33 bits per heavy atom. The first-order chi connectivity index (χ1) is 2.77. The molecule has 0 aromatic rings. The van der Waals surface area contributed by atoms with Crippen LogP contribution in [0.15, 0.2) is 11.6 Å². The van der Waals surface area contributed by atoms with E-state index in [2.05, 4.69) is 0 Å². The van der Waals surface area contributed by atoms with Gasteiger partial charge in [0, 0.05) is 11.6 Å². The molecule has 0 aliphatic heterocycles. The molecule has 2 nitrogen and oxygen atoms in total. The van der Waals surface area contributed by atoms with Crippen molar-refractivity contribution in [2.24, 2.45) is 0 Å². The molecule has 0 aliphatic rings. The lowest BCUT2D eigenvalue weighted by Crippen LogP contribution is -1.83. The van der Waals surface area contributed by atoms with Crippen molar-refractivity contribution < 1.29 is 9.90 Å². The van der Waals surface area contributed by atoms with Crippen LogP contribution in [0.25, 0.3) is 0 Å². The van der Waals surface area contributed by atoms with E-state index in [1.165, 1.54) is 0 Å². The van der Waals surface area contributed by atoms with Gasteiger partial charge in [0.15, 0.2) is 0 Å². The Bertz CT molecular complexity index is 76.9. The van der Waals surface area contributed by atoms with E-state index in [1.807, 2.05) is 0 Å². The lowest BCUT2D eigenvalue weighted by atomic mass is 10.7. The molecule has 34 valence electrons. The predicted molar refractivity (Wildman–Crippen MR) is 22.6 cm³/mol. The Morgan fingerprint density at radius 2 is 2.33 bits per heavy atom. The molecule has 0 bridgehead atoms. The average molecular weight is 107 g/mol. The van der Waals surface area contributed by atoms with Gasteiger partial charge in [0.25, 0.3) is 0 Å². The van der Waals surface area contributed by atoms with Gasteiger partial charge in [-0.1, -0.05) is 11.6 Å². The maximum absolute atomic E-state index is 9.43. The van der Waals surface area contributed by atoms with Crippen LogP contribution in [0.1, 0.15) is 0 Å². The van der Waals surface area contributed by atoms with Crippen molar-refractivity contribution >= 4 is 17.6 Å². The molecule has 0 radical (unpaired) electrons. The molecule has 0 spiro atoms. The van der Waals surface area contributed by atoms with E-state index in [0.29, 0.717) is 0 Å². The highest BCUT2D eigenvalue weighted by atomic mass is 35.5. The van der Waals surface area contributed by atoms with Crippen LogP contribution in [0.3, 0.4) is 0 Å². The van der Waals surface area contributed by atoms with Crippen LogP contribution >= 0.6 is 11.6 Å². The number of carboxylic acids is 1. The lowest BCUT2D eigenvalue weighted by Gasteiger charge is -1.67. The van der Waals surface area contributed by atoms with Gasteiger partial charge in [-0.3, -0.25) is 0 Å². The van der Waals surface area contributed by atoms with E-state index in [-0.39, 0.29) is 0 Å². The van der Waals surface area contributed by atoms with Crippen molar-refractivity contribution in [1.29, 1.82) is 0 Å². The van der Waals surface area contributed by atoms with Crippen molar-refractivity contribution in [3.8, 4) is 0 Å². The van der Waals surface area contributed by atoms with Gasteiger partial charge >= 0.3 is 5.97 Å². The average Bonchev–Trinajstić information content (AvgIpc) is 1.35. The third-order valence-electron chi connectivity index (χ3n) is 0.206. The summed E-state index contributed by atoms with van der Waals surface area (Å²) in [5, 5.41) is 7.74. The molecule has 0 saturated heterocycles. The summed E-state index contributed by atoms with van der Waals surface area (Å²) < 4.78 is 0. The second kappa shape index (κ2) is 2.72. The molecule has 0 aromatic carbocycles. The smallest absolute Gasteiger partial charge is 0.329 e. The Balaban J connectivity index is 3.30. The van der Waals surface area contributed by atoms with E-state index in [9.17, 15) is 4.79 Å². The molecule has 0 aliphatic carbocycles. The van der Waals surface area contributed by atoms with E-state index < -0.39 is 5.97 Å². The quantitative estimate of drug-likeness (QED) is 0.503. The number of carbonyl (C=O) groups is 1. The van der Waals surface area contributed by atoms with Gasteiger partial charge in [0.1, 0.15) is 0 Å². The minimum atomic E-state index is -1.02. The van der Waals surface area contributed by atoms with Crippen molar-refractivity contribution in [3.05, 3.63) is 11.6 Å². The van der Waals surface area contributed by atoms with Gasteiger partial charge in [-0.2, -0.15) is 0 Å². The highest BCUT2D eigenvalue weighted by Crippen LogP contribution is 1.74. The predicted octanol–water partition coefficient (Wildman–Crippen LogP) is 0.824. The number of aliphatic carboxylic acids is 1. The van der Waals surface area contributed by atoms with Crippen LogP contribution in [0.2, 0.25) is 0 Å². The molecule has 1 N–H and O–H groups in total. The Labute approximate surface area is 40.0 Å². The lowest BCUT2D eigenvalue weighted by molar-refractivity contribution is -0.131. The molecule has 0 fully saturated rings. The van der Waals surface area contributed by atoms with E-state index in [4.69, 9.17) is 16.7 Å². The topological polar surface area (TPSA) is 37.3 Å². The number of rotatable bonds is 1. The van der Waals surface area contributed by atoms with E-state index >= 15 is 0 Å². The molecule has 0 saturated carbocycles. The third-order valence-corrected chi connectivity index (χ3v) is 0.332. The number of halogens is 1. The van der Waals surface area contributed by atoms with Crippen LogP contribution in [-0.4, -0.2) is 11.1 Å². The Kier molecular flexibility index (Phi) is 2.50. The highest BCUT2D eigenvalue weighted by molar-refractivity contribution is 6.26. The summed E-state index contributed by atoms with van der Waals surface area (Å²) in [5.74, 6) is -1.02. The Hall–Kier alpha value is -0.500. The normalized spacial score (nSPS) is 9.50. The summed E-state index contributed by atoms with van der Waals surface area (Å²) in [6.07, 6.45) is 0.849. The van der Waals surface area contributed by atoms with Crippen LogP contribution in [-0.2, 0) is 4.79 Å². The maximum atomic E-state index is 9.43. The van der Waals surface area contributed by atoms with E-state index in [0.717, 1.165) is 11.6 Å². The number of carboxylic acid groups (broad SMARTS) is 1. The van der Waals surface area contributed by atoms with Crippen LogP contribution in [0.4, 0.5) is 0 Å². The van der Waals surface area contributed by atoms with Crippen LogP contribution in [0, 0.1) is 0 Å². The van der Waals surface area contributed by atoms with Gasteiger partial charge in [-0.15, -0.1) is 0 Å². The number of hydrogen-bond donors (Lipinski definition) is 1. The summed E-state index contributed by atoms with van der Waals surface area (Å²) in [6, 6.07) is 0. The molecule has 3 heteroatoms. The summed E-state index contributed by atoms with van der Waals surface area (Å²) in [7, 11) is 0. The second-order valence-electron chi connectivity index (χ2n) is 0.631. The molecule has 0 amide bonds. The minimum absolute atomic E-state index is 0.849. The fourth-order valence-corrected chi connectivity index (χ4v) is 0.162. The zero-order valence-electron chi connectivity index (χ0n) is 2.89. The molecule has 0 unspecified atom stereocenters. The largest absolute Gasteiger partial charge is 0.478 e. The number of hydrogen-bond acceptors (Lipinski definition) is 1. The highest BCUT2D eigenvalue weighted by Gasteiger charge is 1.77. The summed E-state index contributed by atoms with van der Waals surface area (Å²) in [4.78, 5) is 9.43. The van der Waals surface area contributed by atoms with Crippen LogP contribution < -0.4 is 0 Å².